The summed E-state index contributed by atoms with van der Waals surface area (Å²) in [6.07, 6.45) is 7.06. The topological polar surface area (TPSA) is 15.3 Å². The molecule has 1 aliphatic heterocycles. The summed E-state index contributed by atoms with van der Waals surface area (Å²) in [4.78, 5) is 2.48. The van der Waals surface area contributed by atoms with Gasteiger partial charge in [0.05, 0.1) is 0 Å². The van der Waals surface area contributed by atoms with Gasteiger partial charge in [-0.1, -0.05) is 20.8 Å². The van der Waals surface area contributed by atoms with Crippen molar-refractivity contribution in [2.45, 2.75) is 71.9 Å². The first kappa shape index (κ1) is 14.8. The Hall–Kier alpha value is -0.0800. The molecule has 4 unspecified atom stereocenters. The Kier molecular flexibility index (Phi) is 3.70. The summed E-state index contributed by atoms with van der Waals surface area (Å²) < 4.78 is 0. The van der Waals surface area contributed by atoms with Crippen LogP contribution in [0.2, 0.25) is 0 Å². The van der Waals surface area contributed by atoms with Gasteiger partial charge in [-0.15, -0.1) is 0 Å². The Morgan fingerprint density at radius 3 is 2.25 bits per heavy atom. The SMILES string of the molecule is CC(NC1CC2CCC1(C)C2(C)C)C1CCN(C)CC1. The molecule has 20 heavy (non-hydrogen) atoms. The molecule has 4 atom stereocenters. The lowest BCUT2D eigenvalue weighted by atomic mass is 9.69. The number of likely N-dealkylation sites (tertiary alicyclic amines) is 1. The van der Waals surface area contributed by atoms with Crippen molar-refractivity contribution in [3.8, 4) is 0 Å². The fourth-order valence-corrected chi connectivity index (χ4v) is 5.44. The van der Waals surface area contributed by atoms with Crippen LogP contribution in [0.15, 0.2) is 0 Å². The first-order valence-electron chi connectivity index (χ1n) is 8.79. The highest BCUT2D eigenvalue weighted by atomic mass is 15.1. The molecule has 0 aromatic rings. The third kappa shape index (κ3) is 2.14. The predicted octanol–water partition coefficient (Wildman–Crippen LogP) is 3.52. The second-order valence-corrected chi connectivity index (χ2v) is 8.76. The monoisotopic (exact) mass is 278 g/mol. The van der Waals surface area contributed by atoms with Gasteiger partial charge in [0.25, 0.3) is 0 Å². The van der Waals surface area contributed by atoms with E-state index in [2.05, 4.69) is 45.0 Å². The average molecular weight is 278 g/mol. The molecule has 3 rings (SSSR count). The normalized spacial score (nSPS) is 43.0. The highest BCUT2D eigenvalue weighted by Gasteiger charge is 2.61. The molecular weight excluding hydrogens is 244 g/mol. The maximum atomic E-state index is 4.07. The van der Waals surface area contributed by atoms with Crippen molar-refractivity contribution in [1.82, 2.24) is 10.2 Å². The van der Waals surface area contributed by atoms with Crippen LogP contribution < -0.4 is 5.32 Å². The number of hydrogen-bond donors (Lipinski definition) is 1. The molecule has 2 nitrogen and oxygen atoms in total. The molecule has 1 N–H and O–H groups in total. The molecule has 2 aliphatic carbocycles. The smallest absolute Gasteiger partial charge is 0.0131 e. The first-order valence-corrected chi connectivity index (χ1v) is 8.79. The Bertz CT molecular complexity index is 356. The molecular formula is C18H34N2. The van der Waals surface area contributed by atoms with Crippen LogP contribution in [0.3, 0.4) is 0 Å². The molecule has 2 saturated carbocycles. The summed E-state index contributed by atoms with van der Waals surface area (Å²) in [5.74, 6) is 1.84. The van der Waals surface area contributed by atoms with Crippen LogP contribution >= 0.6 is 0 Å². The highest BCUT2D eigenvalue weighted by Crippen LogP contribution is 2.65. The standard InChI is InChI=1S/C18H34N2/c1-13(14-7-10-20(5)11-8-14)19-16-12-15-6-9-18(16,4)17(15,2)3/h13-16,19H,6-12H2,1-5H3. The summed E-state index contributed by atoms with van der Waals surface area (Å²) in [6.45, 7) is 12.6. The van der Waals surface area contributed by atoms with Crippen molar-refractivity contribution < 1.29 is 0 Å². The number of piperidine rings is 1. The van der Waals surface area contributed by atoms with E-state index in [1.807, 2.05) is 0 Å². The molecule has 0 radical (unpaired) electrons. The van der Waals surface area contributed by atoms with Gasteiger partial charge in [0.2, 0.25) is 0 Å². The minimum atomic E-state index is 0.525. The molecule has 3 aliphatic rings. The van der Waals surface area contributed by atoms with Crippen LogP contribution in [-0.2, 0) is 0 Å². The third-order valence-corrected chi connectivity index (χ3v) is 7.73. The van der Waals surface area contributed by atoms with E-state index in [9.17, 15) is 0 Å². The molecule has 2 heteroatoms. The first-order chi connectivity index (χ1) is 9.34. The van der Waals surface area contributed by atoms with E-state index < -0.39 is 0 Å². The summed E-state index contributed by atoms with van der Waals surface area (Å²) in [6, 6.07) is 1.45. The van der Waals surface area contributed by atoms with Crippen molar-refractivity contribution in [1.29, 1.82) is 0 Å². The van der Waals surface area contributed by atoms with E-state index in [0.29, 0.717) is 16.9 Å². The van der Waals surface area contributed by atoms with Gasteiger partial charge in [-0.05, 0) is 81.8 Å². The Morgan fingerprint density at radius 1 is 1.10 bits per heavy atom. The number of nitrogens with zero attached hydrogens (tertiary/aromatic N) is 1. The average Bonchev–Trinajstić information content (AvgIpc) is 2.72. The summed E-state index contributed by atoms with van der Waals surface area (Å²) in [5, 5.41) is 4.07. The largest absolute Gasteiger partial charge is 0.311 e. The van der Waals surface area contributed by atoms with Gasteiger partial charge in [-0.25, -0.2) is 0 Å². The van der Waals surface area contributed by atoms with E-state index in [-0.39, 0.29) is 0 Å². The molecule has 0 aromatic heterocycles. The fraction of sp³-hybridized carbons (Fsp3) is 1.00. The van der Waals surface area contributed by atoms with Crippen LogP contribution in [0, 0.1) is 22.7 Å². The molecule has 0 spiro atoms. The summed E-state index contributed by atoms with van der Waals surface area (Å²) >= 11 is 0. The molecule has 0 aromatic carbocycles. The van der Waals surface area contributed by atoms with Crippen LogP contribution in [0.1, 0.15) is 59.8 Å². The zero-order valence-corrected chi connectivity index (χ0v) is 14.2. The fourth-order valence-electron chi connectivity index (χ4n) is 5.44. The zero-order chi connectivity index (χ0) is 14.5. The summed E-state index contributed by atoms with van der Waals surface area (Å²) in [5.41, 5.74) is 1.06. The molecule has 116 valence electrons. The van der Waals surface area contributed by atoms with Crippen molar-refractivity contribution in [3.05, 3.63) is 0 Å². The summed E-state index contributed by atoms with van der Waals surface area (Å²) in [7, 11) is 2.26. The van der Waals surface area contributed by atoms with Crippen molar-refractivity contribution in [3.63, 3.8) is 0 Å². The Morgan fingerprint density at radius 2 is 1.75 bits per heavy atom. The van der Waals surface area contributed by atoms with E-state index in [1.165, 1.54) is 45.2 Å². The predicted molar refractivity (Wildman–Crippen MR) is 85.8 cm³/mol. The quantitative estimate of drug-likeness (QED) is 0.850. The van der Waals surface area contributed by atoms with Gasteiger partial charge in [0, 0.05) is 12.1 Å². The maximum Gasteiger partial charge on any atom is 0.0131 e. The molecule has 1 heterocycles. The zero-order valence-electron chi connectivity index (χ0n) is 14.2. The number of nitrogens with one attached hydrogen (secondary N) is 1. The second kappa shape index (κ2) is 4.98. The maximum absolute atomic E-state index is 4.07. The van der Waals surface area contributed by atoms with E-state index in [0.717, 1.165) is 17.9 Å². The Balaban J connectivity index is 1.62. The lowest BCUT2D eigenvalue weighted by molar-refractivity contribution is 0.103. The molecule has 3 fully saturated rings. The number of hydrogen-bond acceptors (Lipinski definition) is 2. The van der Waals surface area contributed by atoms with Gasteiger partial charge < -0.3 is 10.2 Å². The van der Waals surface area contributed by atoms with Crippen LogP contribution in [0.5, 0.6) is 0 Å². The van der Waals surface area contributed by atoms with Crippen LogP contribution in [-0.4, -0.2) is 37.1 Å². The highest BCUT2D eigenvalue weighted by molar-refractivity contribution is 5.13. The minimum Gasteiger partial charge on any atom is -0.311 e. The molecule has 0 amide bonds. The lowest BCUT2D eigenvalue weighted by Gasteiger charge is -2.42. The third-order valence-electron chi connectivity index (χ3n) is 7.73. The van der Waals surface area contributed by atoms with Crippen LogP contribution in [0.4, 0.5) is 0 Å². The second-order valence-electron chi connectivity index (χ2n) is 8.76. The number of rotatable bonds is 3. The van der Waals surface area contributed by atoms with Crippen molar-refractivity contribution in [2.24, 2.45) is 22.7 Å². The number of fused-ring (bicyclic) bond motifs is 2. The van der Waals surface area contributed by atoms with Crippen molar-refractivity contribution >= 4 is 0 Å². The van der Waals surface area contributed by atoms with Gasteiger partial charge in [0.1, 0.15) is 0 Å². The van der Waals surface area contributed by atoms with Crippen LogP contribution in [0.25, 0.3) is 0 Å². The molecule has 1 saturated heterocycles. The van der Waals surface area contributed by atoms with Gasteiger partial charge >= 0.3 is 0 Å². The Labute approximate surface area is 125 Å². The van der Waals surface area contributed by atoms with E-state index in [4.69, 9.17) is 0 Å². The van der Waals surface area contributed by atoms with Gasteiger partial charge in [-0.3, -0.25) is 0 Å². The van der Waals surface area contributed by atoms with E-state index >= 15 is 0 Å². The minimum absolute atomic E-state index is 0.525. The van der Waals surface area contributed by atoms with E-state index in [1.54, 1.807) is 0 Å². The van der Waals surface area contributed by atoms with Gasteiger partial charge in [-0.2, -0.15) is 0 Å². The molecule has 2 bridgehead atoms. The lowest BCUT2D eigenvalue weighted by Crippen LogP contribution is -2.51. The van der Waals surface area contributed by atoms with Crippen molar-refractivity contribution in [2.75, 3.05) is 20.1 Å². The van der Waals surface area contributed by atoms with Gasteiger partial charge in [0.15, 0.2) is 0 Å².